The normalized spacial score (nSPS) is 34.4. The van der Waals surface area contributed by atoms with Crippen LogP contribution < -0.4 is 0 Å². The summed E-state index contributed by atoms with van der Waals surface area (Å²) in [6.07, 6.45) is 3.04. The van der Waals surface area contributed by atoms with Gasteiger partial charge in [0.25, 0.3) is 0 Å². The lowest BCUT2D eigenvalue weighted by atomic mass is 9.83. The van der Waals surface area contributed by atoms with Gasteiger partial charge in [-0.05, 0) is 31.1 Å². The van der Waals surface area contributed by atoms with Crippen molar-refractivity contribution in [2.24, 2.45) is 17.8 Å². The van der Waals surface area contributed by atoms with Crippen molar-refractivity contribution in [3.8, 4) is 0 Å². The molecule has 1 N–H and O–H groups in total. The van der Waals surface area contributed by atoms with Crippen LogP contribution >= 0.6 is 0 Å². The first-order valence-corrected chi connectivity index (χ1v) is 5.08. The van der Waals surface area contributed by atoms with Crippen molar-refractivity contribution in [2.45, 2.75) is 31.6 Å². The summed E-state index contributed by atoms with van der Waals surface area (Å²) in [5.41, 5.74) is 0. The summed E-state index contributed by atoms with van der Waals surface area (Å²) >= 11 is 0. The topological polar surface area (TPSA) is 54.4 Å². The van der Waals surface area contributed by atoms with E-state index in [0.29, 0.717) is 12.3 Å². The Bertz CT molecular complexity index is 314. The number of carbonyl (C=O) groups excluding carboxylic acids is 1. The zero-order chi connectivity index (χ0) is 11.2. The maximum Gasteiger partial charge on any atom is 0.399 e. The average Bonchev–Trinajstić information content (AvgIpc) is 2.76. The molecule has 84 valence electrons. The number of carboxylic acid groups (broad SMARTS) is 1. The molecule has 2 aliphatic carbocycles. The minimum atomic E-state index is -4.20. The minimum Gasteiger partial charge on any atom is -0.476 e. The summed E-state index contributed by atoms with van der Waals surface area (Å²) in [5.74, 6) is -8.29. The molecule has 2 saturated carbocycles. The van der Waals surface area contributed by atoms with Crippen LogP contribution in [0.25, 0.3) is 0 Å². The Morgan fingerprint density at radius 1 is 1.20 bits per heavy atom. The van der Waals surface area contributed by atoms with Gasteiger partial charge in [0, 0.05) is 5.92 Å². The molecule has 0 amide bonds. The molecule has 2 rings (SSSR count). The van der Waals surface area contributed by atoms with Gasteiger partial charge < -0.3 is 5.11 Å². The van der Waals surface area contributed by atoms with E-state index in [4.69, 9.17) is 5.11 Å². The van der Waals surface area contributed by atoms with E-state index >= 15 is 0 Å². The van der Waals surface area contributed by atoms with Gasteiger partial charge in [-0.2, -0.15) is 8.78 Å². The SMILES string of the molecule is O=C(O)C(F)(F)C(=O)C1CC2CCC1C2. The predicted octanol–water partition coefficient (Wildman–Crippen LogP) is 1.71. The lowest BCUT2D eigenvalue weighted by Gasteiger charge is -2.22. The molecule has 3 unspecified atom stereocenters. The van der Waals surface area contributed by atoms with Crippen LogP contribution in [0.2, 0.25) is 0 Å². The summed E-state index contributed by atoms with van der Waals surface area (Å²) in [6.45, 7) is 0. The second kappa shape index (κ2) is 3.25. The molecule has 0 radical (unpaired) electrons. The van der Waals surface area contributed by atoms with Gasteiger partial charge in [-0.1, -0.05) is 6.42 Å². The molecular formula is C10H12F2O3. The molecule has 3 nitrogen and oxygen atoms in total. The van der Waals surface area contributed by atoms with Gasteiger partial charge in [-0.3, -0.25) is 4.79 Å². The van der Waals surface area contributed by atoms with Gasteiger partial charge in [-0.25, -0.2) is 4.79 Å². The third kappa shape index (κ3) is 1.54. The van der Waals surface area contributed by atoms with E-state index in [9.17, 15) is 18.4 Å². The molecule has 15 heavy (non-hydrogen) atoms. The number of hydrogen-bond acceptors (Lipinski definition) is 2. The maximum absolute atomic E-state index is 13.0. The summed E-state index contributed by atoms with van der Waals surface area (Å²) in [7, 11) is 0. The van der Waals surface area contributed by atoms with Gasteiger partial charge >= 0.3 is 11.9 Å². The Kier molecular flexibility index (Phi) is 2.28. The van der Waals surface area contributed by atoms with Crippen molar-refractivity contribution in [1.29, 1.82) is 0 Å². The molecule has 0 heterocycles. The van der Waals surface area contributed by atoms with Crippen molar-refractivity contribution in [3.05, 3.63) is 0 Å². The number of rotatable bonds is 3. The molecule has 0 aliphatic heterocycles. The lowest BCUT2D eigenvalue weighted by Crippen LogP contribution is -2.43. The molecule has 0 aromatic heterocycles. The van der Waals surface area contributed by atoms with Crippen LogP contribution in [-0.2, 0) is 9.59 Å². The zero-order valence-corrected chi connectivity index (χ0v) is 8.08. The zero-order valence-electron chi connectivity index (χ0n) is 8.08. The number of Topliss-reactive ketones (excluding diaryl/α,β-unsaturated/α-hetero) is 1. The van der Waals surface area contributed by atoms with Crippen LogP contribution in [0.15, 0.2) is 0 Å². The first-order valence-electron chi connectivity index (χ1n) is 5.08. The predicted molar refractivity (Wildman–Crippen MR) is 46.5 cm³/mol. The van der Waals surface area contributed by atoms with E-state index in [-0.39, 0.29) is 5.92 Å². The van der Waals surface area contributed by atoms with Crippen LogP contribution in [0, 0.1) is 17.8 Å². The number of aliphatic carboxylic acids is 1. The fraction of sp³-hybridized carbons (Fsp3) is 0.800. The number of hydrogen-bond donors (Lipinski definition) is 1. The van der Waals surface area contributed by atoms with Crippen molar-refractivity contribution < 1.29 is 23.5 Å². The van der Waals surface area contributed by atoms with E-state index in [0.717, 1.165) is 19.3 Å². The number of halogens is 2. The minimum absolute atomic E-state index is 0.00674. The fourth-order valence-electron chi connectivity index (χ4n) is 2.90. The first-order chi connectivity index (χ1) is 6.93. The van der Waals surface area contributed by atoms with E-state index in [2.05, 4.69) is 0 Å². The van der Waals surface area contributed by atoms with Crippen LogP contribution in [0.3, 0.4) is 0 Å². The highest BCUT2D eigenvalue weighted by Crippen LogP contribution is 2.50. The van der Waals surface area contributed by atoms with Crippen LogP contribution in [0.5, 0.6) is 0 Å². The summed E-state index contributed by atoms with van der Waals surface area (Å²) in [5, 5.41) is 8.27. The summed E-state index contributed by atoms with van der Waals surface area (Å²) < 4.78 is 25.9. The molecule has 0 spiro atoms. The first kappa shape index (κ1) is 10.5. The second-order valence-electron chi connectivity index (χ2n) is 4.53. The molecule has 2 fully saturated rings. The molecule has 0 aromatic carbocycles. The molecule has 0 saturated heterocycles. The third-order valence-electron chi connectivity index (χ3n) is 3.65. The van der Waals surface area contributed by atoms with E-state index in [1.54, 1.807) is 0 Å². The number of ketones is 1. The Labute approximate surface area is 85.5 Å². The molecule has 5 heteroatoms. The standard InChI is InChI=1S/C10H12F2O3/c11-10(12,9(14)15)8(13)7-4-5-1-2-6(7)3-5/h5-7H,1-4H2,(H,14,15). The Morgan fingerprint density at radius 3 is 2.27 bits per heavy atom. The summed E-state index contributed by atoms with van der Waals surface area (Å²) in [6, 6.07) is 0. The second-order valence-corrected chi connectivity index (χ2v) is 4.53. The smallest absolute Gasteiger partial charge is 0.399 e. The van der Waals surface area contributed by atoms with Gasteiger partial charge in [0.05, 0.1) is 0 Å². The third-order valence-corrected chi connectivity index (χ3v) is 3.65. The summed E-state index contributed by atoms with van der Waals surface area (Å²) in [4.78, 5) is 21.6. The van der Waals surface area contributed by atoms with Crippen molar-refractivity contribution in [2.75, 3.05) is 0 Å². The Balaban J connectivity index is 2.12. The monoisotopic (exact) mass is 218 g/mol. The van der Waals surface area contributed by atoms with Crippen molar-refractivity contribution in [3.63, 3.8) is 0 Å². The highest BCUT2D eigenvalue weighted by molar-refractivity contribution is 6.05. The van der Waals surface area contributed by atoms with Crippen LogP contribution in [0.4, 0.5) is 8.78 Å². The quantitative estimate of drug-likeness (QED) is 0.733. The van der Waals surface area contributed by atoms with Gasteiger partial charge in [0.2, 0.25) is 5.78 Å². The number of carboxylic acids is 1. The number of alkyl halides is 2. The highest BCUT2D eigenvalue weighted by atomic mass is 19.3. The molecular weight excluding hydrogens is 206 g/mol. The molecule has 2 bridgehead atoms. The van der Waals surface area contributed by atoms with E-state index < -0.39 is 23.6 Å². The molecule has 0 aromatic rings. The van der Waals surface area contributed by atoms with Crippen LogP contribution in [-0.4, -0.2) is 22.8 Å². The van der Waals surface area contributed by atoms with Gasteiger partial charge in [-0.15, -0.1) is 0 Å². The fourth-order valence-corrected chi connectivity index (χ4v) is 2.90. The highest BCUT2D eigenvalue weighted by Gasteiger charge is 2.55. The maximum atomic E-state index is 13.0. The number of carbonyl (C=O) groups is 2. The average molecular weight is 218 g/mol. The molecule has 3 atom stereocenters. The van der Waals surface area contributed by atoms with E-state index in [1.807, 2.05) is 0 Å². The van der Waals surface area contributed by atoms with E-state index in [1.165, 1.54) is 0 Å². The van der Waals surface area contributed by atoms with Crippen molar-refractivity contribution in [1.82, 2.24) is 0 Å². The Hall–Kier alpha value is -1.00. The largest absolute Gasteiger partial charge is 0.476 e. The lowest BCUT2D eigenvalue weighted by molar-refractivity contribution is -0.174. The number of fused-ring (bicyclic) bond motifs is 2. The van der Waals surface area contributed by atoms with Gasteiger partial charge in [0.1, 0.15) is 0 Å². The van der Waals surface area contributed by atoms with Crippen LogP contribution in [0.1, 0.15) is 25.7 Å². The van der Waals surface area contributed by atoms with Crippen molar-refractivity contribution >= 4 is 11.8 Å². The van der Waals surface area contributed by atoms with Gasteiger partial charge in [0.15, 0.2) is 0 Å². The Morgan fingerprint density at radius 2 is 1.87 bits per heavy atom. The molecule has 2 aliphatic rings.